The van der Waals surface area contributed by atoms with E-state index in [4.69, 9.17) is 0 Å². The van der Waals surface area contributed by atoms with Gasteiger partial charge < -0.3 is 10.0 Å². The molecule has 20 heavy (non-hydrogen) atoms. The van der Waals surface area contributed by atoms with Crippen LogP contribution in [0.2, 0.25) is 0 Å². The van der Waals surface area contributed by atoms with Gasteiger partial charge in [-0.3, -0.25) is 4.98 Å². The second-order valence-electron chi connectivity index (χ2n) is 4.85. The number of hydrogen-bond acceptors (Lipinski definition) is 3. The molecule has 0 aliphatic rings. The molecular formula is C16H19BrN2O. The lowest BCUT2D eigenvalue weighted by molar-refractivity contribution is 0.169. The highest BCUT2D eigenvalue weighted by Gasteiger charge is 2.07. The van der Waals surface area contributed by atoms with Gasteiger partial charge >= 0.3 is 0 Å². The van der Waals surface area contributed by atoms with Crippen LogP contribution in [0.1, 0.15) is 30.7 Å². The molecule has 0 saturated heterocycles. The zero-order valence-corrected chi connectivity index (χ0v) is 13.3. The average Bonchev–Trinajstić information content (AvgIpc) is 2.49. The quantitative estimate of drug-likeness (QED) is 0.900. The summed E-state index contributed by atoms with van der Waals surface area (Å²) >= 11 is 3.44. The highest BCUT2D eigenvalue weighted by atomic mass is 79.9. The number of anilines is 1. The molecule has 2 aromatic rings. The largest absolute Gasteiger partial charge is 0.387 e. The number of benzene rings is 1. The topological polar surface area (TPSA) is 36.4 Å². The molecule has 1 aromatic heterocycles. The molecule has 1 heterocycles. The third-order valence-corrected chi connectivity index (χ3v) is 3.80. The first kappa shape index (κ1) is 15.0. The van der Waals surface area contributed by atoms with Crippen LogP contribution in [0.25, 0.3) is 0 Å². The molecule has 1 N–H and O–H groups in total. The van der Waals surface area contributed by atoms with E-state index in [1.807, 2.05) is 44.4 Å². The van der Waals surface area contributed by atoms with Gasteiger partial charge in [0.1, 0.15) is 0 Å². The van der Waals surface area contributed by atoms with Crippen LogP contribution >= 0.6 is 15.9 Å². The third kappa shape index (κ3) is 3.81. The first-order chi connectivity index (χ1) is 9.60. The molecule has 106 valence electrons. The predicted octanol–water partition coefficient (Wildman–Crippen LogP) is 3.92. The van der Waals surface area contributed by atoms with Gasteiger partial charge in [-0.05, 0) is 36.2 Å². The van der Waals surface area contributed by atoms with Crippen molar-refractivity contribution in [1.29, 1.82) is 0 Å². The minimum Gasteiger partial charge on any atom is -0.387 e. The van der Waals surface area contributed by atoms with Crippen molar-refractivity contribution in [2.75, 3.05) is 11.9 Å². The van der Waals surface area contributed by atoms with Crippen LogP contribution in [-0.2, 0) is 6.54 Å². The number of aliphatic hydroxyl groups is 1. The van der Waals surface area contributed by atoms with E-state index in [-0.39, 0.29) is 0 Å². The molecule has 0 saturated carbocycles. The van der Waals surface area contributed by atoms with E-state index >= 15 is 0 Å². The van der Waals surface area contributed by atoms with Gasteiger partial charge in [-0.1, -0.05) is 35.0 Å². The summed E-state index contributed by atoms with van der Waals surface area (Å²) in [6, 6.07) is 12.2. The maximum absolute atomic E-state index is 9.74. The number of nitrogens with zero attached hydrogens (tertiary/aromatic N) is 2. The summed E-state index contributed by atoms with van der Waals surface area (Å²) in [4.78, 5) is 6.46. The summed E-state index contributed by atoms with van der Waals surface area (Å²) in [5.74, 6) is 0. The predicted molar refractivity (Wildman–Crippen MR) is 85.7 cm³/mol. The first-order valence-corrected chi connectivity index (χ1v) is 7.49. The van der Waals surface area contributed by atoms with Crippen molar-refractivity contribution in [2.45, 2.75) is 26.0 Å². The van der Waals surface area contributed by atoms with Crippen molar-refractivity contribution in [3.05, 3.63) is 58.3 Å². The van der Waals surface area contributed by atoms with Gasteiger partial charge in [0.2, 0.25) is 0 Å². The maximum atomic E-state index is 9.74. The molecule has 0 fully saturated rings. The molecule has 0 spiro atoms. The molecule has 4 heteroatoms. The third-order valence-electron chi connectivity index (χ3n) is 3.27. The van der Waals surface area contributed by atoms with Crippen molar-refractivity contribution in [3.8, 4) is 0 Å². The fraction of sp³-hybridized carbons (Fsp3) is 0.312. The summed E-state index contributed by atoms with van der Waals surface area (Å²) in [5, 5.41) is 9.74. The van der Waals surface area contributed by atoms with Crippen molar-refractivity contribution >= 4 is 21.6 Å². The van der Waals surface area contributed by atoms with E-state index in [0.29, 0.717) is 6.42 Å². The van der Waals surface area contributed by atoms with E-state index in [1.54, 1.807) is 0 Å². The second-order valence-corrected chi connectivity index (χ2v) is 5.76. The Morgan fingerprint density at radius 2 is 1.90 bits per heavy atom. The molecule has 0 aliphatic heterocycles. The van der Waals surface area contributed by atoms with Crippen molar-refractivity contribution in [3.63, 3.8) is 0 Å². The Hall–Kier alpha value is -1.39. The fourth-order valence-electron chi connectivity index (χ4n) is 1.98. The average molecular weight is 335 g/mol. The van der Waals surface area contributed by atoms with Gasteiger partial charge in [0.15, 0.2) is 0 Å². The van der Waals surface area contributed by atoms with Gasteiger partial charge in [-0.2, -0.15) is 0 Å². The number of aromatic nitrogens is 1. The summed E-state index contributed by atoms with van der Waals surface area (Å²) in [6.07, 6.45) is 2.02. The molecule has 3 nitrogen and oxygen atoms in total. The van der Waals surface area contributed by atoms with Gasteiger partial charge in [0.05, 0.1) is 23.7 Å². The SMILES string of the molecule is CC[C@@H](O)c1ccc(N(C)Cc2ccc(Br)cc2)cn1. The highest BCUT2D eigenvalue weighted by molar-refractivity contribution is 9.10. The highest BCUT2D eigenvalue weighted by Crippen LogP contribution is 2.19. The van der Waals surface area contributed by atoms with Crippen LogP contribution in [0.3, 0.4) is 0 Å². The lowest BCUT2D eigenvalue weighted by atomic mass is 10.1. The van der Waals surface area contributed by atoms with E-state index in [2.05, 4.69) is 37.9 Å². The van der Waals surface area contributed by atoms with Crippen LogP contribution in [0.4, 0.5) is 5.69 Å². The maximum Gasteiger partial charge on any atom is 0.0957 e. The van der Waals surface area contributed by atoms with Crippen LogP contribution in [0.5, 0.6) is 0 Å². The van der Waals surface area contributed by atoms with Crippen molar-refractivity contribution in [1.82, 2.24) is 4.98 Å². The zero-order chi connectivity index (χ0) is 14.5. The molecule has 1 atom stereocenters. The Labute approximate surface area is 128 Å². The van der Waals surface area contributed by atoms with E-state index in [9.17, 15) is 5.11 Å². The molecule has 0 aliphatic carbocycles. The Kier molecular flexibility index (Phi) is 5.15. The number of pyridine rings is 1. The minimum atomic E-state index is -0.471. The van der Waals surface area contributed by atoms with Gasteiger partial charge in [-0.15, -0.1) is 0 Å². The number of aliphatic hydroxyl groups excluding tert-OH is 1. The first-order valence-electron chi connectivity index (χ1n) is 6.69. The van der Waals surface area contributed by atoms with Crippen molar-refractivity contribution in [2.24, 2.45) is 0 Å². The van der Waals surface area contributed by atoms with Gasteiger partial charge in [0.25, 0.3) is 0 Å². The van der Waals surface area contributed by atoms with Crippen LogP contribution < -0.4 is 4.90 Å². The van der Waals surface area contributed by atoms with Crippen molar-refractivity contribution < 1.29 is 5.11 Å². The number of halogens is 1. The monoisotopic (exact) mass is 334 g/mol. The van der Waals surface area contributed by atoms with Gasteiger partial charge in [-0.25, -0.2) is 0 Å². The van der Waals surface area contributed by atoms with Crippen LogP contribution in [-0.4, -0.2) is 17.1 Å². The lowest BCUT2D eigenvalue weighted by Crippen LogP contribution is -2.16. The molecular weight excluding hydrogens is 316 g/mol. The summed E-state index contributed by atoms with van der Waals surface area (Å²) in [7, 11) is 2.04. The van der Waals surface area contributed by atoms with E-state index in [0.717, 1.165) is 22.4 Å². The summed E-state index contributed by atoms with van der Waals surface area (Å²) in [6.45, 7) is 2.77. The molecule has 0 bridgehead atoms. The molecule has 2 rings (SSSR count). The number of hydrogen-bond donors (Lipinski definition) is 1. The van der Waals surface area contributed by atoms with E-state index < -0.39 is 6.10 Å². The van der Waals surface area contributed by atoms with E-state index in [1.165, 1.54) is 5.56 Å². The minimum absolute atomic E-state index is 0.471. The molecule has 0 unspecified atom stereocenters. The Bertz CT molecular complexity index is 539. The summed E-state index contributed by atoms with van der Waals surface area (Å²) in [5.41, 5.74) is 3.02. The smallest absolute Gasteiger partial charge is 0.0957 e. The molecule has 1 aromatic carbocycles. The fourth-order valence-corrected chi connectivity index (χ4v) is 2.25. The lowest BCUT2D eigenvalue weighted by Gasteiger charge is -2.19. The van der Waals surface area contributed by atoms with Crippen LogP contribution in [0.15, 0.2) is 47.1 Å². The Morgan fingerprint density at radius 1 is 1.20 bits per heavy atom. The van der Waals surface area contributed by atoms with Gasteiger partial charge in [0, 0.05) is 18.1 Å². The second kappa shape index (κ2) is 6.86. The Morgan fingerprint density at radius 3 is 2.45 bits per heavy atom. The standard InChI is InChI=1S/C16H19BrN2O/c1-3-16(20)15-9-8-14(10-18-15)19(2)11-12-4-6-13(17)7-5-12/h4-10,16,20H,3,11H2,1-2H3/t16-/m1/s1. The van der Waals surface area contributed by atoms with Crippen LogP contribution in [0, 0.1) is 0 Å². The zero-order valence-electron chi connectivity index (χ0n) is 11.8. The normalized spacial score (nSPS) is 12.2. The molecule has 0 radical (unpaired) electrons. The number of rotatable bonds is 5. The Balaban J connectivity index is 2.05. The molecule has 0 amide bonds. The summed E-state index contributed by atoms with van der Waals surface area (Å²) < 4.78 is 1.09.